The third-order valence-electron chi connectivity index (χ3n) is 2.99. The van der Waals surface area contributed by atoms with Crippen LogP contribution in [0.25, 0.3) is 10.8 Å². The number of rotatable bonds is 6. The molecule has 4 nitrogen and oxygen atoms in total. The average molecular weight is 273 g/mol. The second kappa shape index (κ2) is 6.39. The van der Waals surface area contributed by atoms with Crippen LogP contribution in [0.4, 0.5) is 0 Å². The van der Waals surface area contributed by atoms with Gasteiger partial charge in [-0.15, -0.1) is 0 Å². The molecule has 1 unspecified atom stereocenters. The Morgan fingerprint density at radius 1 is 1.20 bits per heavy atom. The number of fused-ring (bicyclic) bond motifs is 1. The molecule has 0 aliphatic carbocycles. The Labute approximate surface area is 118 Å². The van der Waals surface area contributed by atoms with Gasteiger partial charge in [-0.25, -0.2) is 0 Å². The van der Waals surface area contributed by atoms with E-state index in [1.54, 1.807) is 0 Å². The molecule has 1 atom stereocenters. The molecule has 0 bridgehead atoms. The summed E-state index contributed by atoms with van der Waals surface area (Å²) in [4.78, 5) is 11.2. The minimum absolute atomic E-state index is 0.0900. The zero-order chi connectivity index (χ0) is 14.5. The largest absolute Gasteiger partial charge is 0.491 e. The lowest BCUT2D eigenvalue weighted by atomic mass is 10.1. The first-order chi connectivity index (χ1) is 9.58. The van der Waals surface area contributed by atoms with Crippen LogP contribution in [0, 0.1) is 0 Å². The van der Waals surface area contributed by atoms with E-state index in [0.29, 0.717) is 5.75 Å². The monoisotopic (exact) mass is 273 g/mol. The number of aliphatic carboxylic acids is 1. The van der Waals surface area contributed by atoms with Gasteiger partial charge >= 0.3 is 5.97 Å². The summed E-state index contributed by atoms with van der Waals surface area (Å²) in [5.41, 5.74) is 0. The minimum Gasteiger partial charge on any atom is -0.491 e. The number of benzene rings is 2. The van der Waals surface area contributed by atoms with Crippen LogP contribution in [0.2, 0.25) is 0 Å². The molecular formula is C16H19NO3. The van der Waals surface area contributed by atoms with Gasteiger partial charge in [-0.3, -0.25) is 10.1 Å². The van der Waals surface area contributed by atoms with Crippen LogP contribution < -0.4 is 10.1 Å². The van der Waals surface area contributed by atoms with Crippen molar-refractivity contribution in [3.05, 3.63) is 42.5 Å². The quantitative estimate of drug-likeness (QED) is 0.849. The second-order valence-corrected chi connectivity index (χ2v) is 5.00. The third-order valence-corrected chi connectivity index (χ3v) is 2.99. The van der Waals surface area contributed by atoms with E-state index in [-0.39, 0.29) is 12.6 Å². The molecule has 2 aromatic rings. The van der Waals surface area contributed by atoms with Gasteiger partial charge in [0.25, 0.3) is 0 Å². The molecule has 0 heterocycles. The number of hydrogen-bond acceptors (Lipinski definition) is 3. The minimum atomic E-state index is -0.904. The van der Waals surface area contributed by atoms with Crippen molar-refractivity contribution >= 4 is 16.7 Å². The van der Waals surface area contributed by atoms with E-state index >= 15 is 0 Å². The Hall–Kier alpha value is -2.07. The SMILES string of the molecule is CC(C)NC(COc1cccc2ccccc12)C(=O)O. The van der Waals surface area contributed by atoms with Crippen molar-refractivity contribution in [2.45, 2.75) is 25.9 Å². The molecule has 0 saturated heterocycles. The summed E-state index contributed by atoms with van der Waals surface area (Å²) in [6.45, 7) is 3.92. The fourth-order valence-corrected chi connectivity index (χ4v) is 2.09. The summed E-state index contributed by atoms with van der Waals surface area (Å²) >= 11 is 0. The maximum absolute atomic E-state index is 11.2. The summed E-state index contributed by atoms with van der Waals surface area (Å²) in [6.07, 6.45) is 0. The van der Waals surface area contributed by atoms with Gasteiger partial charge in [-0.1, -0.05) is 50.2 Å². The average Bonchev–Trinajstić information content (AvgIpc) is 2.42. The topological polar surface area (TPSA) is 58.6 Å². The number of hydrogen-bond donors (Lipinski definition) is 2. The van der Waals surface area contributed by atoms with Gasteiger partial charge in [0.2, 0.25) is 0 Å². The highest BCUT2D eigenvalue weighted by Crippen LogP contribution is 2.25. The molecule has 0 aliphatic rings. The van der Waals surface area contributed by atoms with E-state index in [1.807, 2.05) is 56.3 Å². The smallest absolute Gasteiger partial charge is 0.324 e. The maximum atomic E-state index is 11.2. The fraction of sp³-hybridized carbons (Fsp3) is 0.312. The number of nitrogens with one attached hydrogen (secondary N) is 1. The normalized spacial score (nSPS) is 12.6. The van der Waals surface area contributed by atoms with Gasteiger partial charge in [0.05, 0.1) is 0 Å². The molecule has 0 aromatic heterocycles. The molecule has 20 heavy (non-hydrogen) atoms. The van der Waals surface area contributed by atoms with Crippen molar-refractivity contribution < 1.29 is 14.6 Å². The van der Waals surface area contributed by atoms with Crippen LogP contribution in [0.5, 0.6) is 5.75 Å². The highest BCUT2D eigenvalue weighted by molar-refractivity contribution is 5.88. The van der Waals surface area contributed by atoms with Crippen molar-refractivity contribution in [3.8, 4) is 5.75 Å². The lowest BCUT2D eigenvalue weighted by Gasteiger charge is -2.18. The van der Waals surface area contributed by atoms with E-state index in [9.17, 15) is 9.90 Å². The molecule has 2 aromatic carbocycles. The van der Waals surface area contributed by atoms with Crippen LogP contribution in [0.15, 0.2) is 42.5 Å². The van der Waals surface area contributed by atoms with E-state index in [2.05, 4.69) is 5.32 Å². The van der Waals surface area contributed by atoms with Gasteiger partial charge < -0.3 is 9.84 Å². The van der Waals surface area contributed by atoms with Crippen molar-refractivity contribution in [1.82, 2.24) is 5.32 Å². The van der Waals surface area contributed by atoms with E-state index < -0.39 is 12.0 Å². The summed E-state index contributed by atoms with van der Waals surface area (Å²) in [5.74, 6) is -0.196. The van der Waals surface area contributed by atoms with E-state index in [0.717, 1.165) is 10.8 Å². The Bertz CT molecular complexity index is 590. The molecule has 2 rings (SSSR count). The van der Waals surface area contributed by atoms with E-state index in [4.69, 9.17) is 4.74 Å². The van der Waals surface area contributed by atoms with Crippen molar-refractivity contribution in [1.29, 1.82) is 0 Å². The zero-order valence-corrected chi connectivity index (χ0v) is 11.7. The first kappa shape index (κ1) is 14.3. The molecule has 0 spiro atoms. The third kappa shape index (κ3) is 3.48. The summed E-state index contributed by atoms with van der Waals surface area (Å²) in [6, 6.07) is 13.0. The Balaban J connectivity index is 2.13. The maximum Gasteiger partial charge on any atom is 0.324 e. The molecule has 4 heteroatoms. The first-order valence-corrected chi connectivity index (χ1v) is 6.67. The highest BCUT2D eigenvalue weighted by Gasteiger charge is 2.19. The Morgan fingerprint density at radius 3 is 2.60 bits per heavy atom. The lowest BCUT2D eigenvalue weighted by Crippen LogP contribution is -2.44. The van der Waals surface area contributed by atoms with E-state index in [1.165, 1.54) is 0 Å². The van der Waals surface area contributed by atoms with Crippen LogP contribution in [0.1, 0.15) is 13.8 Å². The highest BCUT2D eigenvalue weighted by atomic mass is 16.5. The number of carboxylic acid groups (broad SMARTS) is 1. The zero-order valence-electron chi connectivity index (χ0n) is 11.7. The number of carboxylic acids is 1. The van der Waals surface area contributed by atoms with Gasteiger partial charge in [-0.05, 0) is 11.5 Å². The lowest BCUT2D eigenvalue weighted by molar-refractivity contribution is -0.140. The molecule has 2 N–H and O–H groups in total. The number of ether oxygens (including phenoxy) is 1. The predicted octanol–water partition coefficient (Wildman–Crippen LogP) is 2.67. The van der Waals surface area contributed by atoms with Crippen LogP contribution in [0.3, 0.4) is 0 Å². The fourth-order valence-electron chi connectivity index (χ4n) is 2.09. The molecule has 0 saturated carbocycles. The molecule has 0 fully saturated rings. The Morgan fingerprint density at radius 2 is 1.90 bits per heavy atom. The van der Waals surface area contributed by atoms with Crippen LogP contribution in [-0.4, -0.2) is 29.8 Å². The standard InChI is InChI=1S/C16H19NO3/c1-11(2)17-14(16(18)19)10-20-15-9-5-7-12-6-3-4-8-13(12)15/h3-9,11,14,17H,10H2,1-2H3,(H,18,19). The molecule has 0 aliphatic heterocycles. The van der Waals surface area contributed by atoms with Crippen molar-refractivity contribution in [2.24, 2.45) is 0 Å². The van der Waals surface area contributed by atoms with Gasteiger partial charge in [0, 0.05) is 11.4 Å². The summed E-state index contributed by atoms with van der Waals surface area (Å²) < 4.78 is 5.70. The second-order valence-electron chi connectivity index (χ2n) is 5.00. The van der Waals surface area contributed by atoms with Gasteiger partial charge in [0.1, 0.15) is 18.4 Å². The predicted molar refractivity (Wildman–Crippen MR) is 79.1 cm³/mol. The van der Waals surface area contributed by atoms with Crippen LogP contribution in [-0.2, 0) is 4.79 Å². The van der Waals surface area contributed by atoms with Gasteiger partial charge in [0.15, 0.2) is 0 Å². The number of carbonyl (C=O) groups is 1. The molecule has 0 radical (unpaired) electrons. The molecule has 106 valence electrons. The Kier molecular flexibility index (Phi) is 4.58. The van der Waals surface area contributed by atoms with Crippen molar-refractivity contribution in [3.63, 3.8) is 0 Å². The first-order valence-electron chi connectivity index (χ1n) is 6.67. The van der Waals surface area contributed by atoms with Gasteiger partial charge in [-0.2, -0.15) is 0 Å². The molecule has 0 amide bonds. The molecular weight excluding hydrogens is 254 g/mol. The summed E-state index contributed by atoms with van der Waals surface area (Å²) in [7, 11) is 0. The van der Waals surface area contributed by atoms with Crippen LogP contribution >= 0.6 is 0 Å². The van der Waals surface area contributed by atoms with Crippen molar-refractivity contribution in [2.75, 3.05) is 6.61 Å². The summed E-state index contributed by atoms with van der Waals surface area (Å²) in [5, 5.41) is 14.2.